The molecule has 0 unspecified atom stereocenters. The third kappa shape index (κ3) is 3.75. The minimum atomic E-state index is -1.05. The predicted octanol–water partition coefficient (Wildman–Crippen LogP) is 1.37. The Labute approximate surface area is 99.1 Å². The second kappa shape index (κ2) is 5.83. The lowest BCUT2D eigenvalue weighted by molar-refractivity contribution is -0.139. The van der Waals surface area contributed by atoms with Crippen LogP contribution in [0.5, 0.6) is 0 Å². The van der Waals surface area contributed by atoms with Crippen molar-refractivity contribution in [2.45, 2.75) is 26.3 Å². The van der Waals surface area contributed by atoms with Crippen molar-refractivity contribution in [1.82, 2.24) is 10.3 Å². The summed E-state index contributed by atoms with van der Waals surface area (Å²) in [5.41, 5.74) is 1.42. The molecule has 0 aliphatic rings. The van der Waals surface area contributed by atoms with Crippen molar-refractivity contribution in [2.75, 3.05) is 5.32 Å². The van der Waals surface area contributed by atoms with Gasteiger partial charge in [-0.25, -0.2) is 9.59 Å². The molecular weight excluding hydrogens is 222 g/mol. The van der Waals surface area contributed by atoms with Crippen molar-refractivity contribution in [1.29, 1.82) is 0 Å². The van der Waals surface area contributed by atoms with E-state index in [9.17, 15) is 9.59 Å². The summed E-state index contributed by atoms with van der Waals surface area (Å²) in [4.78, 5) is 26.1. The molecule has 0 fully saturated rings. The molecule has 2 amide bonds. The molecule has 1 atom stereocenters. The Bertz CT molecular complexity index is 420. The molecule has 92 valence electrons. The van der Waals surface area contributed by atoms with Gasteiger partial charge in [0.15, 0.2) is 0 Å². The van der Waals surface area contributed by atoms with Gasteiger partial charge in [0.2, 0.25) is 0 Å². The molecule has 0 radical (unpaired) electrons. The van der Waals surface area contributed by atoms with Crippen molar-refractivity contribution in [2.24, 2.45) is 0 Å². The molecule has 0 aliphatic carbocycles. The van der Waals surface area contributed by atoms with Gasteiger partial charge in [0.25, 0.3) is 0 Å². The number of aliphatic carboxylic acids is 1. The van der Waals surface area contributed by atoms with E-state index < -0.39 is 18.0 Å². The van der Waals surface area contributed by atoms with Crippen LogP contribution in [0, 0.1) is 6.92 Å². The molecule has 3 N–H and O–H groups in total. The summed E-state index contributed by atoms with van der Waals surface area (Å²) in [5.74, 6) is -1.05. The van der Waals surface area contributed by atoms with Crippen LogP contribution in [0.4, 0.5) is 10.5 Å². The molecule has 6 heteroatoms. The molecular formula is C11H15N3O3. The number of rotatable bonds is 4. The molecule has 1 aromatic rings. The number of carbonyl (C=O) groups excluding carboxylic acids is 1. The number of hydrogen-bond donors (Lipinski definition) is 3. The molecule has 6 nitrogen and oxygen atoms in total. The monoisotopic (exact) mass is 237 g/mol. The third-order valence-corrected chi connectivity index (χ3v) is 2.30. The SMILES string of the molecule is CC[C@@H](NC(=O)Nc1cnccc1C)C(=O)O. The van der Waals surface area contributed by atoms with Crippen LogP contribution in [0.2, 0.25) is 0 Å². The minimum Gasteiger partial charge on any atom is -0.480 e. The van der Waals surface area contributed by atoms with Crippen LogP contribution in [0.15, 0.2) is 18.5 Å². The van der Waals surface area contributed by atoms with E-state index in [0.717, 1.165) is 5.56 Å². The zero-order valence-corrected chi connectivity index (χ0v) is 9.73. The average molecular weight is 237 g/mol. The number of aryl methyl sites for hydroxylation is 1. The highest BCUT2D eigenvalue weighted by Gasteiger charge is 2.17. The number of amides is 2. The number of carboxylic acids is 1. The molecule has 1 aromatic heterocycles. The second-order valence-corrected chi connectivity index (χ2v) is 3.59. The fourth-order valence-corrected chi connectivity index (χ4v) is 1.25. The van der Waals surface area contributed by atoms with Crippen LogP contribution in [-0.4, -0.2) is 28.1 Å². The van der Waals surface area contributed by atoms with Gasteiger partial charge in [-0.1, -0.05) is 6.92 Å². The lowest BCUT2D eigenvalue weighted by atomic mass is 10.2. The number of aromatic nitrogens is 1. The largest absolute Gasteiger partial charge is 0.480 e. The van der Waals surface area contributed by atoms with E-state index in [2.05, 4.69) is 15.6 Å². The summed E-state index contributed by atoms with van der Waals surface area (Å²) < 4.78 is 0. The highest BCUT2D eigenvalue weighted by Crippen LogP contribution is 2.10. The van der Waals surface area contributed by atoms with Gasteiger partial charge >= 0.3 is 12.0 Å². The van der Waals surface area contributed by atoms with Crippen molar-refractivity contribution >= 4 is 17.7 Å². The first-order valence-electron chi connectivity index (χ1n) is 5.25. The molecule has 1 rings (SSSR count). The van der Waals surface area contributed by atoms with Gasteiger partial charge in [-0.3, -0.25) is 4.98 Å². The number of urea groups is 1. The summed E-state index contributed by atoms with van der Waals surface area (Å²) in [7, 11) is 0. The quantitative estimate of drug-likeness (QED) is 0.737. The number of carboxylic acid groups (broad SMARTS) is 1. The van der Waals surface area contributed by atoms with Crippen LogP contribution in [0.3, 0.4) is 0 Å². The number of anilines is 1. The number of carbonyl (C=O) groups is 2. The summed E-state index contributed by atoms with van der Waals surface area (Å²) in [6, 6.07) is 0.326. The average Bonchev–Trinajstić information content (AvgIpc) is 2.28. The predicted molar refractivity (Wildman–Crippen MR) is 62.8 cm³/mol. The van der Waals surface area contributed by atoms with Gasteiger partial charge in [0.05, 0.1) is 11.9 Å². The summed E-state index contributed by atoms with van der Waals surface area (Å²) >= 11 is 0. The van der Waals surface area contributed by atoms with Crippen LogP contribution >= 0.6 is 0 Å². The fraction of sp³-hybridized carbons (Fsp3) is 0.364. The van der Waals surface area contributed by atoms with Gasteiger partial charge in [0.1, 0.15) is 6.04 Å². The number of nitrogens with zero attached hydrogens (tertiary/aromatic N) is 1. The van der Waals surface area contributed by atoms with Gasteiger partial charge < -0.3 is 15.7 Å². The molecule has 0 aromatic carbocycles. The third-order valence-electron chi connectivity index (χ3n) is 2.30. The standard InChI is InChI=1S/C11H15N3O3/c1-3-8(10(15)16)13-11(17)14-9-6-12-5-4-7(9)2/h4-6,8H,3H2,1-2H3,(H,15,16)(H2,13,14,17)/t8-/m1/s1. The van der Waals surface area contributed by atoms with Crippen LogP contribution < -0.4 is 10.6 Å². The smallest absolute Gasteiger partial charge is 0.326 e. The van der Waals surface area contributed by atoms with E-state index in [0.29, 0.717) is 12.1 Å². The van der Waals surface area contributed by atoms with Crippen molar-refractivity contribution in [3.8, 4) is 0 Å². The van der Waals surface area contributed by atoms with Crippen LogP contribution in [0.25, 0.3) is 0 Å². The summed E-state index contributed by atoms with van der Waals surface area (Å²) in [5, 5.41) is 13.7. The first-order chi connectivity index (χ1) is 8.04. The zero-order chi connectivity index (χ0) is 12.8. The number of nitrogens with one attached hydrogen (secondary N) is 2. The zero-order valence-electron chi connectivity index (χ0n) is 9.73. The Kier molecular flexibility index (Phi) is 4.45. The Morgan fingerprint density at radius 1 is 1.53 bits per heavy atom. The molecule has 0 saturated carbocycles. The second-order valence-electron chi connectivity index (χ2n) is 3.59. The maximum atomic E-state index is 11.5. The van der Waals surface area contributed by atoms with Crippen molar-refractivity contribution in [3.63, 3.8) is 0 Å². The molecule has 0 spiro atoms. The molecule has 1 heterocycles. The van der Waals surface area contributed by atoms with Gasteiger partial charge in [-0.15, -0.1) is 0 Å². The summed E-state index contributed by atoms with van der Waals surface area (Å²) in [6.07, 6.45) is 3.45. The van der Waals surface area contributed by atoms with E-state index in [4.69, 9.17) is 5.11 Å². The Hall–Kier alpha value is -2.11. The van der Waals surface area contributed by atoms with Gasteiger partial charge in [-0.05, 0) is 25.0 Å². The highest BCUT2D eigenvalue weighted by molar-refractivity contribution is 5.92. The lowest BCUT2D eigenvalue weighted by Crippen LogP contribution is -2.42. The van der Waals surface area contributed by atoms with Gasteiger partial charge in [-0.2, -0.15) is 0 Å². The van der Waals surface area contributed by atoms with E-state index in [1.165, 1.54) is 6.20 Å². The van der Waals surface area contributed by atoms with Crippen molar-refractivity contribution < 1.29 is 14.7 Å². The summed E-state index contributed by atoms with van der Waals surface area (Å²) in [6.45, 7) is 3.51. The van der Waals surface area contributed by atoms with Crippen LogP contribution in [-0.2, 0) is 4.79 Å². The van der Waals surface area contributed by atoms with E-state index in [-0.39, 0.29) is 0 Å². The Morgan fingerprint density at radius 3 is 2.76 bits per heavy atom. The molecule has 17 heavy (non-hydrogen) atoms. The minimum absolute atomic E-state index is 0.328. The fourth-order valence-electron chi connectivity index (χ4n) is 1.25. The van der Waals surface area contributed by atoms with Crippen LogP contribution in [0.1, 0.15) is 18.9 Å². The van der Waals surface area contributed by atoms with Crippen molar-refractivity contribution in [3.05, 3.63) is 24.0 Å². The normalized spacial score (nSPS) is 11.6. The number of pyridine rings is 1. The first kappa shape index (κ1) is 13.0. The lowest BCUT2D eigenvalue weighted by Gasteiger charge is -2.13. The molecule has 0 saturated heterocycles. The van der Waals surface area contributed by atoms with E-state index >= 15 is 0 Å². The first-order valence-corrected chi connectivity index (χ1v) is 5.25. The highest BCUT2D eigenvalue weighted by atomic mass is 16.4. The Morgan fingerprint density at radius 2 is 2.24 bits per heavy atom. The van der Waals surface area contributed by atoms with E-state index in [1.807, 2.05) is 6.92 Å². The molecule has 0 bridgehead atoms. The number of hydrogen-bond acceptors (Lipinski definition) is 3. The topological polar surface area (TPSA) is 91.3 Å². The molecule has 0 aliphatic heterocycles. The van der Waals surface area contributed by atoms with E-state index in [1.54, 1.807) is 19.2 Å². The maximum absolute atomic E-state index is 11.5. The Balaban J connectivity index is 2.61. The van der Waals surface area contributed by atoms with Gasteiger partial charge in [0, 0.05) is 6.20 Å². The maximum Gasteiger partial charge on any atom is 0.326 e.